The quantitative estimate of drug-likeness (QED) is 0.538. The van der Waals surface area contributed by atoms with Gasteiger partial charge >= 0.3 is 0 Å². The predicted molar refractivity (Wildman–Crippen MR) is 97.6 cm³/mol. The van der Waals surface area contributed by atoms with Crippen molar-refractivity contribution in [3.05, 3.63) is 65.7 Å². The van der Waals surface area contributed by atoms with Crippen LogP contribution in [-0.2, 0) is 5.92 Å². The lowest BCUT2D eigenvalue weighted by Crippen LogP contribution is -2.11. The molecule has 0 radical (unpaired) electrons. The van der Waals surface area contributed by atoms with Crippen LogP contribution in [0.1, 0.15) is 29.2 Å². The van der Waals surface area contributed by atoms with E-state index in [4.69, 9.17) is 9.68 Å². The van der Waals surface area contributed by atoms with Crippen LogP contribution in [0.4, 0.5) is 14.5 Å². The van der Waals surface area contributed by atoms with Gasteiger partial charge in [0.05, 0.1) is 29.4 Å². The standard InChI is InChI=1S/C20H13F2N5O/c21-20(22)7-17(13-3-1-11(8-23)5-15(13)20)25-12-2-4-16-14(6-12)19(27-26-16)18-9-24-10-28-18/h1-6,9-10,17,25H,7H2,(H,26,27). The minimum absolute atomic E-state index is 0.0872. The molecule has 5 rings (SSSR count). The molecule has 6 nitrogen and oxygen atoms in total. The van der Waals surface area contributed by atoms with Crippen LogP contribution in [0.15, 0.2) is 53.4 Å². The van der Waals surface area contributed by atoms with Crippen LogP contribution in [0.5, 0.6) is 0 Å². The van der Waals surface area contributed by atoms with Gasteiger partial charge in [-0.15, -0.1) is 0 Å². The summed E-state index contributed by atoms with van der Waals surface area (Å²) in [5.74, 6) is -2.46. The third-order valence-corrected chi connectivity index (χ3v) is 4.98. The van der Waals surface area contributed by atoms with Crippen molar-refractivity contribution in [2.75, 3.05) is 5.32 Å². The number of nitrogens with zero attached hydrogens (tertiary/aromatic N) is 3. The Hall–Kier alpha value is -3.73. The van der Waals surface area contributed by atoms with E-state index in [0.29, 0.717) is 22.7 Å². The highest BCUT2D eigenvalue weighted by Gasteiger charge is 2.45. The monoisotopic (exact) mass is 377 g/mol. The summed E-state index contributed by atoms with van der Waals surface area (Å²) in [4.78, 5) is 3.90. The number of rotatable bonds is 3. The third kappa shape index (κ3) is 2.52. The fraction of sp³-hybridized carbons (Fsp3) is 0.150. The summed E-state index contributed by atoms with van der Waals surface area (Å²) in [5, 5.41) is 20.2. The highest BCUT2D eigenvalue weighted by molar-refractivity contribution is 5.93. The lowest BCUT2D eigenvalue weighted by molar-refractivity contribution is -0.00529. The number of hydrogen-bond acceptors (Lipinski definition) is 5. The van der Waals surface area contributed by atoms with Crippen LogP contribution in [-0.4, -0.2) is 15.2 Å². The number of benzene rings is 2. The molecule has 0 aliphatic heterocycles. The van der Waals surface area contributed by atoms with E-state index >= 15 is 0 Å². The van der Waals surface area contributed by atoms with E-state index in [0.717, 1.165) is 10.9 Å². The second kappa shape index (κ2) is 5.89. The van der Waals surface area contributed by atoms with Crippen LogP contribution in [0.2, 0.25) is 0 Å². The zero-order chi connectivity index (χ0) is 19.3. The van der Waals surface area contributed by atoms with Gasteiger partial charge in [0.25, 0.3) is 5.92 Å². The Morgan fingerprint density at radius 2 is 2.14 bits per heavy atom. The molecule has 28 heavy (non-hydrogen) atoms. The van der Waals surface area contributed by atoms with Gasteiger partial charge < -0.3 is 9.73 Å². The van der Waals surface area contributed by atoms with Gasteiger partial charge in [0, 0.05) is 23.1 Å². The molecule has 2 heterocycles. The summed E-state index contributed by atoms with van der Waals surface area (Å²) in [5.41, 5.74) is 2.74. The predicted octanol–water partition coefficient (Wildman–Crippen LogP) is 4.74. The summed E-state index contributed by atoms with van der Waals surface area (Å²) in [6, 6.07) is 11.3. The lowest BCUT2D eigenvalue weighted by Gasteiger charge is -2.15. The Morgan fingerprint density at radius 3 is 2.93 bits per heavy atom. The SMILES string of the molecule is N#Cc1ccc2c(c1)C(F)(F)CC2Nc1ccc2[nH]nc(-c3cnco3)c2c1. The van der Waals surface area contributed by atoms with Crippen LogP contribution < -0.4 is 5.32 Å². The Labute approximate surface area is 157 Å². The molecule has 1 atom stereocenters. The largest absolute Gasteiger partial charge is 0.442 e. The summed E-state index contributed by atoms with van der Waals surface area (Å²) in [7, 11) is 0. The summed E-state index contributed by atoms with van der Waals surface area (Å²) < 4.78 is 34.3. The lowest BCUT2D eigenvalue weighted by atomic mass is 10.0. The van der Waals surface area contributed by atoms with Crippen LogP contribution in [0.3, 0.4) is 0 Å². The van der Waals surface area contributed by atoms with Crippen LogP contribution in [0.25, 0.3) is 22.4 Å². The number of aromatic amines is 1. The van der Waals surface area contributed by atoms with Crippen molar-refractivity contribution in [1.82, 2.24) is 15.2 Å². The number of nitrogens with one attached hydrogen (secondary N) is 2. The molecule has 0 spiro atoms. The Kier molecular flexibility index (Phi) is 3.46. The number of aromatic nitrogens is 3. The van der Waals surface area contributed by atoms with Gasteiger partial charge in [0.2, 0.25) is 0 Å². The van der Waals surface area contributed by atoms with Crippen molar-refractivity contribution in [3.8, 4) is 17.5 Å². The molecule has 1 unspecified atom stereocenters. The molecular formula is C20H13F2N5O. The van der Waals surface area contributed by atoms with Gasteiger partial charge in [-0.2, -0.15) is 10.4 Å². The fourth-order valence-corrected chi connectivity index (χ4v) is 3.68. The minimum Gasteiger partial charge on any atom is -0.442 e. The normalized spacial score (nSPS) is 17.4. The number of H-pyrrole nitrogens is 1. The first-order valence-corrected chi connectivity index (χ1v) is 8.61. The molecule has 0 fully saturated rings. The highest BCUT2D eigenvalue weighted by atomic mass is 19.3. The zero-order valence-corrected chi connectivity index (χ0v) is 14.4. The topological polar surface area (TPSA) is 90.5 Å². The maximum absolute atomic E-state index is 14.5. The molecule has 2 aromatic heterocycles. The molecule has 138 valence electrons. The van der Waals surface area contributed by atoms with E-state index in [1.165, 1.54) is 12.5 Å². The highest BCUT2D eigenvalue weighted by Crippen LogP contribution is 2.48. The number of alkyl halides is 2. The number of oxazole rings is 1. The molecule has 0 saturated carbocycles. The number of hydrogen-bond donors (Lipinski definition) is 2. The molecule has 1 aliphatic carbocycles. The minimum atomic E-state index is -2.98. The molecule has 0 amide bonds. The van der Waals surface area contributed by atoms with Gasteiger partial charge in [0.1, 0.15) is 5.69 Å². The summed E-state index contributed by atoms with van der Waals surface area (Å²) >= 11 is 0. The Morgan fingerprint density at radius 1 is 1.25 bits per heavy atom. The maximum Gasteiger partial charge on any atom is 0.275 e. The van der Waals surface area contributed by atoms with E-state index < -0.39 is 12.0 Å². The molecule has 1 aliphatic rings. The molecule has 2 N–H and O–H groups in total. The van der Waals surface area contributed by atoms with E-state index in [-0.39, 0.29) is 17.5 Å². The summed E-state index contributed by atoms with van der Waals surface area (Å²) in [6.07, 6.45) is 2.52. The average Bonchev–Trinajstić information content (AvgIpc) is 3.40. The van der Waals surface area contributed by atoms with Gasteiger partial charge in [-0.05, 0) is 35.9 Å². The average molecular weight is 377 g/mol. The van der Waals surface area contributed by atoms with E-state index in [9.17, 15) is 8.78 Å². The smallest absolute Gasteiger partial charge is 0.275 e. The number of nitriles is 1. The van der Waals surface area contributed by atoms with Crippen molar-refractivity contribution in [2.24, 2.45) is 0 Å². The molecular weight excluding hydrogens is 364 g/mol. The van der Waals surface area contributed by atoms with Crippen molar-refractivity contribution in [3.63, 3.8) is 0 Å². The Bertz CT molecular complexity index is 1220. The van der Waals surface area contributed by atoms with Gasteiger partial charge in [0.15, 0.2) is 12.2 Å². The van der Waals surface area contributed by atoms with Gasteiger partial charge in [-0.1, -0.05) is 6.07 Å². The van der Waals surface area contributed by atoms with E-state index in [2.05, 4.69) is 20.5 Å². The second-order valence-corrected chi connectivity index (χ2v) is 6.72. The summed E-state index contributed by atoms with van der Waals surface area (Å²) in [6.45, 7) is 0. The second-order valence-electron chi connectivity index (χ2n) is 6.72. The molecule has 4 aromatic rings. The third-order valence-electron chi connectivity index (χ3n) is 4.98. The first-order valence-electron chi connectivity index (χ1n) is 8.61. The van der Waals surface area contributed by atoms with Crippen molar-refractivity contribution < 1.29 is 13.2 Å². The van der Waals surface area contributed by atoms with Crippen molar-refractivity contribution in [2.45, 2.75) is 18.4 Å². The van der Waals surface area contributed by atoms with E-state index in [1.807, 2.05) is 24.3 Å². The number of halogens is 2. The van der Waals surface area contributed by atoms with Crippen molar-refractivity contribution >= 4 is 16.6 Å². The first kappa shape index (κ1) is 16.4. The first-order chi connectivity index (χ1) is 13.5. The fourth-order valence-electron chi connectivity index (χ4n) is 3.68. The van der Waals surface area contributed by atoms with Gasteiger partial charge in [-0.3, -0.25) is 5.10 Å². The van der Waals surface area contributed by atoms with E-state index in [1.54, 1.807) is 18.3 Å². The van der Waals surface area contributed by atoms with Crippen LogP contribution in [0, 0.1) is 11.3 Å². The Balaban J connectivity index is 1.51. The van der Waals surface area contributed by atoms with Gasteiger partial charge in [-0.25, -0.2) is 13.8 Å². The molecule has 8 heteroatoms. The molecule has 2 aromatic carbocycles. The van der Waals surface area contributed by atoms with Crippen LogP contribution >= 0.6 is 0 Å². The number of fused-ring (bicyclic) bond motifs is 2. The van der Waals surface area contributed by atoms with Crippen molar-refractivity contribution in [1.29, 1.82) is 5.26 Å². The molecule has 0 saturated heterocycles. The zero-order valence-electron chi connectivity index (χ0n) is 14.4. The molecule has 0 bridgehead atoms. The maximum atomic E-state index is 14.5. The number of anilines is 1.